The van der Waals surface area contributed by atoms with E-state index in [-0.39, 0.29) is 24.2 Å². The normalized spacial score (nSPS) is 33.1. The molecule has 0 radical (unpaired) electrons. The zero-order chi connectivity index (χ0) is 14.3. The molecule has 5 nitrogen and oxygen atoms in total. The van der Waals surface area contributed by atoms with Crippen molar-refractivity contribution in [1.29, 1.82) is 0 Å². The van der Waals surface area contributed by atoms with E-state index in [2.05, 4.69) is 48.3 Å². The van der Waals surface area contributed by atoms with Gasteiger partial charge in [0, 0.05) is 12.1 Å². The summed E-state index contributed by atoms with van der Waals surface area (Å²) in [6.07, 6.45) is -0.984. The van der Waals surface area contributed by atoms with Crippen molar-refractivity contribution in [3.8, 4) is 0 Å². The van der Waals surface area contributed by atoms with Crippen LogP contribution in [0.25, 0.3) is 0 Å². The minimum Gasteiger partial charge on any atom is -0.465 e. The van der Waals surface area contributed by atoms with Crippen LogP contribution >= 0.6 is 0 Å². The lowest BCUT2D eigenvalue weighted by atomic mass is 10.0. The summed E-state index contributed by atoms with van der Waals surface area (Å²) >= 11 is 0. The maximum Gasteiger partial charge on any atom is 0.405 e. The maximum absolute atomic E-state index is 10.9. The second-order valence-corrected chi connectivity index (χ2v) is 5.59. The number of fused-ring (bicyclic) bond motifs is 1. The molecule has 0 aliphatic carbocycles. The number of nitrogens with zero attached hydrogens (tertiary/aromatic N) is 1. The van der Waals surface area contributed by atoms with E-state index in [0.29, 0.717) is 13.2 Å². The standard InChI is InChI=1S/C15H20N2O3/c1-9-11-5-3-4-6-12(11)10(2)17(9)14-8-20-7-13(14)16-15(18)19/h3-6,9-10,13-14,16H,7-8H2,1-2H3,(H,18,19)/t9?,10?,13-,14+/m0/s1. The first-order chi connectivity index (χ1) is 9.59. The Morgan fingerprint density at radius 1 is 1.25 bits per heavy atom. The van der Waals surface area contributed by atoms with Gasteiger partial charge in [-0.1, -0.05) is 24.3 Å². The predicted molar refractivity (Wildman–Crippen MR) is 74.7 cm³/mol. The van der Waals surface area contributed by atoms with E-state index in [4.69, 9.17) is 9.84 Å². The lowest BCUT2D eigenvalue weighted by Crippen LogP contribution is -2.50. The van der Waals surface area contributed by atoms with Gasteiger partial charge in [-0.2, -0.15) is 0 Å². The van der Waals surface area contributed by atoms with Crippen molar-refractivity contribution < 1.29 is 14.6 Å². The van der Waals surface area contributed by atoms with Gasteiger partial charge in [0.2, 0.25) is 0 Å². The number of ether oxygens (including phenoxy) is 1. The lowest BCUT2D eigenvalue weighted by Gasteiger charge is -2.35. The molecule has 0 aromatic heterocycles. The molecule has 1 aromatic rings. The van der Waals surface area contributed by atoms with Crippen molar-refractivity contribution in [2.75, 3.05) is 13.2 Å². The second-order valence-electron chi connectivity index (χ2n) is 5.59. The Morgan fingerprint density at radius 2 is 1.85 bits per heavy atom. The molecule has 1 aromatic carbocycles. The number of rotatable bonds is 2. The Labute approximate surface area is 118 Å². The first kappa shape index (κ1) is 13.4. The van der Waals surface area contributed by atoms with Gasteiger partial charge in [-0.05, 0) is 25.0 Å². The fraction of sp³-hybridized carbons (Fsp3) is 0.533. The second kappa shape index (κ2) is 5.07. The maximum atomic E-state index is 10.9. The van der Waals surface area contributed by atoms with Gasteiger partial charge in [-0.25, -0.2) is 4.79 Å². The SMILES string of the molecule is CC1c2ccccc2C(C)N1[C@@H]1COC[C@@H]1NC(=O)O. The summed E-state index contributed by atoms with van der Waals surface area (Å²) in [5.41, 5.74) is 2.67. The molecule has 4 atom stereocenters. The molecule has 1 fully saturated rings. The predicted octanol–water partition coefficient (Wildman–Crippen LogP) is 2.16. The molecule has 3 rings (SSSR count). The van der Waals surface area contributed by atoms with Gasteiger partial charge in [0.25, 0.3) is 0 Å². The molecule has 20 heavy (non-hydrogen) atoms. The summed E-state index contributed by atoms with van der Waals surface area (Å²) in [6.45, 7) is 5.38. The monoisotopic (exact) mass is 276 g/mol. The van der Waals surface area contributed by atoms with Crippen LogP contribution in [0.1, 0.15) is 37.1 Å². The molecule has 1 amide bonds. The van der Waals surface area contributed by atoms with E-state index in [1.165, 1.54) is 11.1 Å². The van der Waals surface area contributed by atoms with Crippen LogP contribution in [0.2, 0.25) is 0 Å². The minimum atomic E-state index is -0.984. The van der Waals surface area contributed by atoms with Crippen LogP contribution in [0.15, 0.2) is 24.3 Å². The van der Waals surface area contributed by atoms with Crippen LogP contribution in [0.3, 0.4) is 0 Å². The largest absolute Gasteiger partial charge is 0.465 e. The van der Waals surface area contributed by atoms with Gasteiger partial charge in [0.1, 0.15) is 0 Å². The van der Waals surface area contributed by atoms with E-state index >= 15 is 0 Å². The van der Waals surface area contributed by atoms with Gasteiger partial charge in [0.15, 0.2) is 0 Å². The van der Waals surface area contributed by atoms with Crippen LogP contribution in [-0.2, 0) is 4.74 Å². The third kappa shape index (κ3) is 2.07. The molecule has 2 N–H and O–H groups in total. The quantitative estimate of drug-likeness (QED) is 0.869. The molecule has 2 aliphatic rings. The van der Waals surface area contributed by atoms with Crippen molar-refractivity contribution in [2.24, 2.45) is 0 Å². The van der Waals surface area contributed by atoms with Gasteiger partial charge < -0.3 is 15.2 Å². The zero-order valence-corrected chi connectivity index (χ0v) is 11.7. The number of hydrogen-bond donors (Lipinski definition) is 2. The Hall–Kier alpha value is -1.59. The number of hydrogen-bond acceptors (Lipinski definition) is 3. The van der Waals surface area contributed by atoms with Crippen LogP contribution in [0.5, 0.6) is 0 Å². The molecule has 1 saturated heterocycles. The summed E-state index contributed by atoms with van der Waals surface area (Å²) in [5, 5.41) is 11.5. The highest BCUT2D eigenvalue weighted by Crippen LogP contribution is 2.43. The summed E-state index contributed by atoms with van der Waals surface area (Å²) in [7, 11) is 0. The molecule has 0 spiro atoms. The highest BCUT2D eigenvalue weighted by Gasteiger charge is 2.43. The molecule has 2 unspecified atom stereocenters. The van der Waals surface area contributed by atoms with Crippen molar-refractivity contribution in [2.45, 2.75) is 38.0 Å². The molecule has 5 heteroatoms. The Kier molecular flexibility index (Phi) is 3.40. The molecule has 2 heterocycles. The molecule has 108 valence electrons. The fourth-order valence-electron chi connectivity index (χ4n) is 3.64. The van der Waals surface area contributed by atoms with Gasteiger partial charge in [0.05, 0.1) is 25.3 Å². The van der Waals surface area contributed by atoms with Crippen molar-refractivity contribution >= 4 is 6.09 Å². The number of nitrogens with one attached hydrogen (secondary N) is 1. The van der Waals surface area contributed by atoms with E-state index in [1.54, 1.807) is 0 Å². The van der Waals surface area contributed by atoms with Crippen LogP contribution < -0.4 is 5.32 Å². The molecule has 2 aliphatic heterocycles. The summed E-state index contributed by atoms with van der Waals surface area (Å²) in [5.74, 6) is 0. The molecular weight excluding hydrogens is 256 g/mol. The summed E-state index contributed by atoms with van der Waals surface area (Å²) in [4.78, 5) is 13.3. The van der Waals surface area contributed by atoms with E-state index in [9.17, 15) is 4.79 Å². The topological polar surface area (TPSA) is 61.8 Å². The molecule has 0 saturated carbocycles. The number of benzene rings is 1. The zero-order valence-electron chi connectivity index (χ0n) is 11.7. The first-order valence-electron chi connectivity index (χ1n) is 7.03. The molecular formula is C15H20N2O3. The number of carboxylic acid groups (broad SMARTS) is 1. The third-order valence-electron chi connectivity index (χ3n) is 4.53. The van der Waals surface area contributed by atoms with Gasteiger partial charge in [-0.15, -0.1) is 0 Å². The third-order valence-corrected chi connectivity index (χ3v) is 4.53. The van der Waals surface area contributed by atoms with Gasteiger partial charge >= 0.3 is 6.09 Å². The van der Waals surface area contributed by atoms with Crippen molar-refractivity contribution in [3.05, 3.63) is 35.4 Å². The smallest absolute Gasteiger partial charge is 0.405 e. The first-order valence-corrected chi connectivity index (χ1v) is 7.03. The van der Waals surface area contributed by atoms with Crippen LogP contribution in [0, 0.1) is 0 Å². The Bertz CT molecular complexity index is 491. The molecule has 0 bridgehead atoms. The highest BCUT2D eigenvalue weighted by atomic mass is 16.5. The number of amides is 1. The van der Waals surface area contributed by atoms with E-state index in [1.807, 2.05) is 0 Å². The Morgan fingerprint density at radius 3 is 2.40 bits per heavy atom. The lowest BCUT2D eigenvalue weighted by molar-refractivity contribution is 0.0898. The summed E-state index contributed by atoms with van der Waals surface area (Å²) in [6, 6.07) is 8.93. The van der Waals surface area contributed by atoms with Gasteiger partial charge in [-0.3, -0.25) is 4.90 Å². The van der Waals surface area contributed by atoms with E-state index in [0.717, 1.165) is 0 Å². The minimum absolute atomic E-state index is 0.0866. The van der Waals surface area contributed by atoms with Crippen LogP contribution in [-0.4, -0.2) is 41.4 Å². The van der Waals surface area contributed by atoms with Crippen molar-refractivity contribution in [1.82, 2.24) is 10.2 Å². The van der Waals surface area contributed by atoms with E-state index < -0.39 is 6.09 Å². The van der Waals surface area contributed by atoms with Crippen molar-refractivity contribution in [3.63, 3.8) is 0 Å². The number of carbonyl (C=O) groups is 1. The average molecular weight is 276 g/mol. The van der Waals surface area contributed by atoms with Crippen LogP contribution in [0.4, 0.5) is 4.79 Å². The Balaban J connectivity index is 1.86. The summed E-state index contributed by atoms with van der Waals surface area (Å²) < 4.78 is 5.51. The fourth-order valence-corrected chi connectivity index (χ4v) is 3.64. The average Bonchev–Trinajstić information content (AvgIpc) is 2.94. The highest BCUT2D eigenvalue weighted by molar-refractivity contribution is 5.65.